The summed E-state index contributed by atoms with van der Waals surface area (Å²) in [5.41, 5.74) is 5.93. The van der Waals surface area contributed by atoms with Crippen LogP contribution < -0.4 is 11.1 Å². The summed E-state index contributed by atoms with van der Waals surface area (Å²) in [5.74, 6) is -0.319. The molecule has 5 N–H and O–H groups in total. The second-order valence-corrected chi connectivity index (χ2v) is 3.25. The fourth-order valence-corrected chi connectivity index (χ4v) is 1.01. The zero-order chi connectivity index (χ0) is 12.0. The maximum absolute atomic E-state index is 11.3. The molecule has 0 fully saturated rings. The van der Waals surface area contributed by atoms with Crippen molar-refractivity contribution in [3.63, 3.8) is 0 Å². The van der Waals surface area contributed by atoms with Crippen molar-refractivity contribution in [3.8, 4) is 0 Å². The van der Waals surface area contributed by atoms with E-state index in [1.54, 1.807) is 6.20 Å². The Morgan fingerprint density at radius 1 is 1.69 bits per heavy atom. The van der Waals surface area contributed by atoms with Crippen LogP contribution in [0, 0.1) is 0 Å². The van der Waals surface area contributed by atoms with Crippen molar-refractivity contribution in [3.05, 3.63) is 11.9 Å². The van der Waals surface area contributed by atoms with Crippen LogP contribution in [0.25, 0.3) is 0 Å². The molecule has 16 heavy (non-hydrogen) atoms. The maximum atomic E-state index is 11.3. The first-order chi connectivity index (χ1) is 7.65. The molecule has 1 aromatic heterocycles. The van der Waals surface area contributed by atoms with E-state index in [9.17, 15) is 4.79 Å². The quantitative estimate of drug-likeness (QED) is 0.417. The lowest BCUT2D eigenvalue weighted by Crippen LogP contribution is -2.35. The van der Waals surface area contributed by atoms with Gasteiger partial charge in [0.15, 0.2) is 0 Å². The molecule has 8 nitrogen and oxygen atoms in total. The molecule has 1 atom stereocenters. The van der Waals surface area contributed by atoms with Gasteiger partial charge in [0.1, 0.15) is 6.54 Å². The first kappa shape index (κ1) is 12.6. The third kappa shape index (κ3) is 3.93. The van der Waals surface area contributed by atoms with Crippen molar-refractivity contribution in [2.75, 3.05) is 13.2 Å². The van der Waals surface area contributed by atoms with Gasteiger partial charge in [0, 0.05) is 13.1 Å². The van der Waals surface area contributed by atoms with Gasteiger partial charge < -0.3 is 21.3 Å². The Bertz CT molecular complexity index is 340. The highest BCUT2D eigenvalue weighted by molar-refractivity contribution is 5.75. The predicted molar refractivity (Wildman–Crippen MR) is 54.0 cm³/mol. The van der Waals surface area contributed by atoms with E-state index in [-0.39, 0.29) is 32.1 Å². The van der Waals surface area contributed by atoms with E-state index in [1.165, 1.54) is 4.68 Å². The van der Waals surface area contributed by atoms with Gasteiger partial charge in [-0.1, -0.05) is 5.21 Å². The molecule has 1 unspecified atom stereocenters. The van der Waals surface area contributed by atoms with Crippen molar-refractivity contribution >= 4 is 5.91 Å². The van der Waals surface area contributed by atoms with Gasteiger partial charge in [0.05, 0.1) is 24.6 Å². The Morgan fingerprint density at radius 2 is 2.44 bits per heavy atom. The number of hydrogen-bond donors (Lipinski definition) is 4. The molecule has 0 bridgehead atoms. The summed E-state index contributed by atoms with van der Waals surface area (Å²) in [4.78, 5) is 11.3. The molecule has 0 spiro atoms. The molecular formula is C8H15N5O3. The standard InChI is InChI=1S/C8H15N5O3/c9-1-6-3-13(12-11-6)4-8(16)10-2-7(15)5-14/h3,7,14-15H,1-2,4-5,9H2,(H,10,16). The van der Waals surface area contributed by atoms with Crippen LogP contribution >= 0.6 is 0 Å². The number of aliphatic hydroxyl groups is 2. The van der Waals surface area contributed by atoms with Crippen LogP contribution in [-0.2, 0) is 17.9 Å². The molecule has 0 saturated heterocycles. The summed E-state index contributed by atoms with van der Waals surface area (Å²) >= 11 is 0. The molecule has 1 amide bonds. The normalized spacial score (nSPS) is 12.4. The highest BCUT2D eigenvalue weighted by Crippen LogP contribution is 1.90. The fraction of sp³-hybridized carbons (Fsp3) is 0.625. The molecular weight excluding hydrogens is 214 g/mol. The van der Waals surface area contributed by atoms with Gasteiger partial charge in [-0.15, -0.1) is 5.10 Å². The smallest absolute Gasteiger partial charge is 0.241 e. The SMILES string of the molecule is NCc1cn(CC(=O)NCC(O)CO)nn1. The van der Waals surface area contributed by atoms with Crippen LogP contribution in [0.15, 0.2) is 6.20 Å². The second-order valence-electron chi connectivity index (χ2n) is 3.25. The highest BCUT2D eigenvalue weighted by atomic mass is 16.3. The van der Waals surface area contributed by atoms with Gasteiger partial charge in [-0.25, -0.2) is 4.68 Å². The number of amides is 1. The first-order valence-corrected chi connectivity index (χ1v) is 4.80. The number of hydrogen-bond acceptors (Lipinski definition) is 6. The van der Waals surface area contributed by atoms with Crippen molar-refractivity contribution in [1.82, 2.24) is 20.3 Å². The lowest BCUT2D eigenvalue weighted by atomic mass is 10.4. The van der Waals surface area contributed by atoms with Crippen molar-refractivity contribution in [2.45, 2.75) is 19.2 Å². The van der Waals surface area contributed by atoms with Crippen molar-refractivity contribution in [1.29, 1.82) is 0 Å². The van der Waals surface area contributed by atoms with Crippen LogP contribution in [0.5, 0.6) is 0 Å². The number of carbonyl (C=O) groups excluding carboxylic acids is 1. The van der Waals surface area contributed by atoms with Gasteiger partial charge in [-0.2, -0.15) is 0 Å². The topological polar surface area (TPSA) is 126 Å². The van der Waals surface area contributed by atoms with Gasteiger partial charge in [-0.05, 0) is 0 Å². The van der Waals surface area contributed by atoms with Gasteiger partial charge >= 0.3 is 0 Å². The zero-order valence-corrected chi connectivity index (χ0v) is 8.70. The molecule has 0 aliphatic heterocycles. The molecule has 0 radical (unpaired) electrons. The third-order valence-electron chi connectivity index (χ3n) is 1.85. The van der Waals surface area contributed by atoms with Crippen molar-refractivity contribution < 1.29 is 15.0 Å². The Morgan fingerprint density at radius 3 is 3.00 bits per heavy atom. The Labute approximate surface area is 92.1 Å². The monoisotopic (exact) mass is 229 g/mol. The Balaban J connectivity index is 2.33. The number of rotatable bonds is 6. The van der Waals surface area contributed by atoms with Crippen molar-refractivity contribution in [2.24, 2.45) is 5.73 Å². The van der Waals surface area contributed by atoms with Crippen LogP contribution in [-0.4, -0.2) is 50.4 Å². The minimum absolute atomic E-state index is 0.00511. The average Bonchev–Trinajstić information content (AvgIpc) is 2.73. The Kier molecular flexibility index (Phi) is 4.83. The van der Waals surface area contributed by atoms with Crippen LogP contribution in [0.2, 0.25) is 0 Å². The van der Waals surface area contributed by atoms with E-state index in [1.807, 2.05) is 0 Å². The minimum Gasteiger partial charge on any atom is -0.394 e. The summed E-state index contributed by atoms with van der Waals surface area (Å²) in [6.07, 6.45) is 0.626. The molecule has 1 aromatic rings. The summed E-state index contributed by atoms with van der Waals surface area (Å²) in [6.45, 7) is -0.106. The average molecular weight is 229 g/mol. The zero-order valence-electron chi connectivity index (χ0n) is 8.70. The molecule has 0 saturated carbocycles. The van der Waals surface area contributed by atoms with Crippen LogP contribution in [0.1, 0.15) is 5.69 Å². The Hall–Kier alpha value is -1.51. The highest BCUT2D eigenvalue weighted by Gasteiger charge is 2.07. The summed E-state index contributed by atoms with van der Waals surface area (Å²) in [7, 11) is 0. The van der Waals surface area contributed by atoms with Gasteiger partial charge in [0.2, 0.25) is 5.91 Å². The fourth-order valence-electron chi connectivity index (χ4n) is 1.01. The molecule has 90 valence electrons. The molecule has 0 aromatic carbocycles. The summed E-state index contributed by atoms with van der Waals surface area (Å²) < 4.78 is 1.35. The summed E-state index contributed by atoms with van der Waals surface area (Å²) in [6, 6.07) is 0. The molecule has 0 aliphatic rings. The minimum atomic E-state index is -0.945. The lowest BCUT2D eigenvalue weighted by Gasteiger charge is -2.08. The molecule has 1 heterocycles. The van der Waals surface area contributed by atoms with E-state index >= 15 is 0 Å². The van der Waals surface area contributed by atoms with E-state index < -0.39 is 6.10 Å². The van der Waals surface area contributed by atoms with Crippen LogP contribution in [0.3, 0.4) is 0 Å². The molecule has 0 aliphatic carbocycles. The van der Waals surface area contributed by atoms with E-state index in [0.717, 1.165) is 0 Å². The summed E-state index contributed by atoms with van der Waals surface area (Å²) in [5, 5.41) is 27.4. The molecule has 1 rings (SSSR count). The number of aliphatic hydroxyl groups excluding tert-OH is 2. The number of nitrogens with two attached hydrogens (primary N) is 1. The second kappa shape index (κ2) is 6.16. The number of nitrogens with zero attached hydrogens (tertiary/aromatic N) is 3. The lowest BCUT2D eigenvalue weighted by molar-refractivity contribution is -0.122. The number of aromatic nitrogens is 3. The molecule has 8 heteroatoms. The predicted octanol–water partition coefficient (Wildman–Crippen LogP) is -2.79. The third-order valence-corrected chi connectivity index (χ3v) is 1.85. The number of nitrogens with one attached hydrogen (secondary N) is 1. The van der Waals surface area contributed by atoms with Gasteiger partial charge in [-0.3, -0.25) is 4.79 Å². The maximum Gasteiger partial charge on any atom is 0.241 e. The van der Waals surface area contributed by atoms with E-state index in [2.05, 4.69) is 15.6 Å². The van der Waals surface area contributed by atoms with E-state index in [4.69, 9.17) is 15.9 Å². The van der Waals surface area contributed by atoms with Gasteiger partial charge in [0.25, 0.3) is 0 Å². The number of carbonyl (C=O) groups is 1. The van der Waals surface area contributed by atoms with E-state index in [0.29, 0.717) is 5.69 Å². The largest absolute Gasteiger partial charge is 0.394 e. The van der Waals surface area contributed by atoms with Crippen LogP contribution in [0.4, 0.5) is 0 Å². The first-order valence-electron chi connectivity index (χ1n) is 4.80.